The van der Waals surface area contributed by atoms with E-state index in [1.165, 1.54) is 11.3 Å². The molecule has 104 valence electrons. The molecular weight excluding hydrogens is 320 g/mol. The maximum atomic E-state index is 10.9. The van der Waals surface area contributed by atoms with Crippen molar-refractivity contribution in [3.63, 3.8) is 0 Å². The first-order valence-electron chi connectivity index (χ1n) is 5.25. The van der Waals surface area contributed by atoms with Crippen LogP contribution in [0.4, 0.5) is 0 Å². The minimum absolute atomic E-state index is 0.222. The zero-order valence-electron chi connectivity index (χ0n) is 9.89. The Hall–Kier alpha value is 0.320. The second kappa shape index (κ2) is 6.18. The molecule has 0 aliphatic heterocycles. The fourth-order valence-corrected chi connectivity index (χ4v) is 3.77. The van der Waals surface area contributed by atoms with E-state index in [0.717, 1.165) is 0 Å². The molecule has 9 heteroatoms. The molecule has 0 bridgehead atoms. The minimum Gasteiger partial charge on any atom is -0.357 e. The first-order valence-corrected chi connectivity index (χ1v) is 8.62. The lowest BCUT2D eigenvalue weighted by atomic mass is 9.96. The van der Waals surface area contributed by atoms with E-state index in [0.29, 0.717) is 17.7 Å². The molecule has 18 heavy (non-hydrogen) atoms. The van der Waals surface area contributed by atoms with Crippen molar-refractivity contribution in [2.45, 2.75) is 32.3 Å². The summed E-state index contributed by atoms with van der Waals surface area (Å²) in [6.07, 6.45) is 0.379. The third kappa shape index (κ3) is 3.90. The molecule has 0 aromatic carbocycles. The SMILES string of the molecule is CCC(CC)(OCP(=O)(O)O)c1sc(Cl)nc1Cl. The molecule has 1 aromatic rings. The molecule has 0 radical (unpaired) electrons. The standard InChI is InChI=1S/C9H14Cl2NO4PS/c1-3-9(4-2,16-5-17(13,14)15)6-7(10)12-8(11)18-6/h3-5H2,1-2H3,(H2,13,14,15). The van der Waals surface area contributed by atoms with Gasteiger partial charge in [-0.25, -0.2) is 4.98 Å². The van der Waals surface area contributed by atoms with Gasteiger partial charge in [0.05, 0.1) is 4.88 Å². The van der Waals surface area contributed by atoms with Crippen LogP contribution in [-0.2, 0) is 14.9 Å². The van der Waals surface area contributed by atoms with E-state index < -0.39 is 19.5 Å². The number of aromatic nitrogens is 1. The Morgan fingerprint density at radius 3 is 2.28 bits per heavy atom. The maximum Gasteiger partial charge on any atom is 0.351 e. The maximum absolute atomic E-state index is 10.9. The average Bonchev–Trinajstić information content (AvgIpc) is 2.60. The van der Waals surface area contributed by atoms with E-state index in [1.807, 2.05) is 13.8 Å². The lowest BCUT2D eigenvalue weighted by molar-refractivity contribution is -0.0366. The Balaban J connectivity index is 3.07. The summed E-state index contributed by atoms with van der Waals surface area (Å²) in [6.45, 7) is 3.71. The molecule has 1 rings (SSSR count). The van der Waals surface area contributed by atoms with E-state index in [1.54, 1.807) is 0 Å². The second-order valence-corrected chi connectivity index (χ2v) is 7.25. The Bertz CT molecular complexity index is 457. The van der Waals surface area contributed by atoms with Gasteiger partial charge in [-0.15, -0.1) is 11.3 Å². The summed E-state index contributed by atoms with van der Waals surface area (Å²) < 4.78 is 16.6. The van der Waals surface area contributed by atoms with Gasteiger partial charge in [-0.3, -0.25) is 4.57 Å². The van der Waals surface area contributed by atoms with Crippen LogP contribution in [0.3, 0.4) is 0 Å². The van der Waals surface area contributed by atoms with Gasteiger partial charge in [0.15, 0.2) is 4.47 Å². The van der Waals surface area contributed by atoms with Crippen LogP contribution in [0.2, 0.25) is 9.62 Å². The molecule has 1 heterocycles. The third-order valence-corrected chi connectivity index (χ3v) is 4.82. The molecule has 0 aliphatic carbocycles. The highest BCUT2D eigenvalue weighted by Gasteiger charge is 2.36. The summed E-state index contributed by atoms with van der Waals surface area (Å²) >= 11 is 12.9. The van der Waals surface area contributed by atoms with Gasteiger partial charge >= 0.3 is 7.60 Å². The highest BCUT2D eigenvalue weighted by Crippen LogP contribution is 2.45. The first kappa shape index (κ1) is 16.4. The van der Waals surface area contributed by atoms with Gasteiger partial charge in [0, 0.05) is 0 Å². The van der Waals surface area contributed by atoms with Crippen molar-refractivity contribution in [2.24, 2.45) is 0 Å². The van der Waals surface area contributed by atoms with Crippen LogP contribution in [0.25, 0.3) is 0 Å². The fraction of sp³-hybridized carbons (Fsp3) is 0.667. The zero-order valence-corrected chi connectivity index (χ0v) is 13.1. The molecule has 1 aromatic heterocycles. The van der Waals surface area contributed by atoms with E-state index in [9.17, 15) is 4.57 Å². The van der Waals surface area contributed by atoms with Crippen molar-refractivity contribution in [3.8, 4) is 0 Å². The van der Waals surface area contributed by atoms with E-state index in [-0.39, 0.29) is 9.62 Å². The van der Waals surface area contributed by atoms with Crippen molar-refractivity contribution in [1.29, 1.82) is 0 Å². The summed E-state index contributed by atoms with van der Waals surface area (Å²) in [5.41, 5.74) is -0.858. The van der Waals surface area contributed by atoms with Gasteiger partial charge in [-0.05, 0) is 12.8 Å². The Morgan fingerprint density at radius 2 is 1.94 bits per heavy atom. The monoisotopic (exact) mass is 333 g/mol. The predicted octanol–water partition coefficient (Wildman–Crippen LogP) is 3.62. The normalized spacial score (nSPS) is 13.0. The van der Waals surface area contributed by atoms with Crippen LogP contribution in [0.5, 0.6) is 0 Å². The Labute approximate surface area is 119 Å². The molecule has 5 nitrogen and oxygen atoms in total. The predicted molar refractivity (Wildman–Crippen MR) is 72.4 cm³/mol. The number of hydrogen-bond acceptors (Lipinski definition) is 4. The Kier molecular flexibility index (Phi) is 5.62. The van der Waals surface area contributed by atoms with Gasteiger partial charge in [0.2, 0.25) is 0 Å². The summed E-state index contributed by atoms with van der Waals surface area (Å²) in [5.74, 6) is 0. The zero-order chi connectivity index (χ0) is 14.0. The van der Waals surface area contributed by atoms with Gasteiger partial charge < -0.3 is 14.5 Å². The second-order valence-electron chi connectivity index (χ2n) is 3.73. The smallest absolute Gasteiger partial charge is 0.351 e. The minimum atomic E-state index is -4.23. The van der Waals surface area contributed by atoms with Crippen LogP contribution in [0, 0.1) is 0 Å². The molecule has 0 aliphatic rings. The first-order chi connectivity index (χ1) is 8.24. The van der Waals surface area contributed by atoms with Gasteiger partial charge in [0.1, 0.15) is 17.1 Å². The molecule has 0 saturated heterocycles. The quantitative estimate of drug-likeness (QED) is 0.777. The topological polar surface area (TPSA) is 79.7 Å². The molecule has 0 unspecified atom stereocenters. The fourth-order valence-electron chi connectivity index (χ4n) is 1.61. The third-order valence-electron chi connectivity index (χ3n) is 2.62. The molecule has 0 amide bonds. The van der Waals surface area contributed by atoms with E-state index in [2.05, 4.69) is 4.98 Å². The molecule has 0 saturated carbocycles. The van der Waals surface area contributed by atoms with Gasteiger partial charge in [0.25, 0.3) is 0 Å². The molecule has 0 atom stereocenters. The van der Waals surface area contributed by atoms with E-state index in [4.69, 9.17) is 37.7 Å². The highest BCUT2D eigenvalue weighted by molar-refractivity contribution is 7.51. The van der Waals surface area contributed by atoms with E-state index >= 15 is 0 Å². The average molecular weight is 334 g/mol. The number of nitrogens with zero attached hydrogens (tertiary/aromatic N) is 1. The van der Waals surface area contributed by atoms with Crippen LogP contribution in [0.1, 0.15) is 31.6 Å². The highest BCUT2D eigenvalue weighted by atomic mass is 35.5. The Morgan fingerprint density at radius 1 is 1.39 bits per heavy atom. The van der Waals surface area contributed by atoms with Gasteiger partial charge in [-0.1, -0.05) is 37.0 Å². The number of hydrogen-bond donors (Lipinski definition) is 2. The molecular formula is C9H14Cl2NO4PS. The summed E-state index contributed by atoms with van der Waals surface area (Å²) in [4.78, 5) is 22.3. The van der Waals surface area contributed by atoms with Crippen molar-refractivity contribution >= 4 is 42.1 Å². The number of rotatable bonds is 6. The summed E-state index contributed by atoms with van der Waals surface area (Å²) in [5, 5.41) is 0.222. The van der Waals surface area contributed by atoms with Crippen LogP contribution in [0.15, 0.2) is 0 Å². The number of thiazole rings is 1. The largest absolute Gasteiger partial charge is 0.357 e. The van der Waals surface area contributed by atoms with Crippen molar-refractivity contribution in [3.05, 3.63) is 14.5 Å². The van der Waals surface area contributed by atoms with Crippen molar-refractivity contribution < 1.29 is 19.1 Å². The molecule has 0 fully saturated rings. The van der Waals surface area contributed by atoms with Gasteiger partial charge in [-0.2, -0.15) is 0 Å². The van der Waals surface area contributed by atoms with Crippen LogP contribution in [-0.4, -0.2) is 21.1 Å². The van der Waals surface area contributed by atoms with Crippen molar-refractivity contribution in [1.82, 2.24) is 4.98 Å². The lowest BCUT2D eigenvalue weighted by Crippen LogP contribution is -2.28. The number of ether oxygens (including phenoxy) is 1. The lowest BCUT2D eigenvalue weighted by Gasteiger charge is -2.31. The van der Waals surface area contributed by atoms with Crippen molar-refractivity contribution in [2.75, 3.05) is 6.35 Å². The molecule has 0 spiro atoms. The summed E-state index contributed by atoms with van der Waals surface area (Å²) in [6, 6.07) is 0. The molecule has 2 N–H and O–H groups in total. The summed E-state index contributed by atoms with van der Waals surface area (Å²) in [7, 11) is -4.23. The van der Waals surface area contributed by atoms with Crippen LogP contribution >= 0.6 is 42.1 Å². The van der Waals surface area contributed by atoms with Crippen LogP contribution < -0.4 is 0 Å². The number of halogens is 2.